The monoisotopic (exact) mass is 291 g/mol. The number of hydrogen-bond donors (Lipinski definition) is 3. The summed E-state index contributed by atoms with van der Waals surface area (Å²) in [5, 5.41) is 8.86. The van der Waals surface area contributed by atoms with Crippen LogP contribution in [0.15, 0.2) is 24.3 Å². The second-order valence-corrected chi connectivity index (χ2v) is 5.95. The molecule has 0 saturated heterocycles. The third-order valence-electron chi connectivity index (χ3n) is 2.78. The average Bonchev–Trinajstić information content (AvgIpc) is 2.39. The van der Waals surface area contributed by atoms with Crippen LogP contribution in [0, 0.1) is 0 Å². The summed E-state index contributed by atoms with van der Waals surface area (Å²) >= 11 is 0. The van der Waals surface area contributed by atoms with Crippen molar-refractivity contribution in [1.82, 2.24) is 5.32 Å². The summed E-state index contributed by atoms with van der Waals surface area (Å²) in [4.78, 5) is 23.0. The van der Waals surface area contributed by atoms with Gasteiger partial charge in [0.2, 0.25) is 11.8 Å². The largest absolute Gasteiger partial charge is 0.326 e. The van der Waals surface area contributed by atoms with Crippen LogP contribution in [0.5, 0.6) is 0 Å². The molecular formula is C16H25N3O2. The van der Waals surface area contributed by atoms with Gasteiger partial charge in [-0.1, -0.05) is 6.92 Å². The SMILES string of the molecule is CCC(=O)Nc1ccc(NC(=O)CCNC(C)(C)C)cc1. The van der Waals surface area contributed by atoms with Crippen molar-refractivity contribution in [1.29, 1.82) is 0 Å². The maximum Gasteiger partial charge on any atom is 0.225 e. The molecule has 0 unspecified atom stereocenters. The maximum absolute atomic E-state index is 11.8. The van der Waals surface area contributed by atoms with Crippen molar-refractivity contribution in [3.05, 3.63) is 24.3 Å². The molecule has 0 aromatic heterocycles. The van der Waals surface area contributed by atoms with E-state index in [0.717, 1.165) is 11.4 Å². The number of hydrogen-bond acceptors (Lipinski definition) is 3. The van der Waals surface area contributed by atoms with Gasteiger partial charge in [0.05, 0.1) is 0 Å². The molecule has 116 valence electrons. The third-order valence-corrected chi connectivity index (χ3v) is 2.78. The Morgan fingerprint density at radius 2 is 1.43 bits per heavy atom. The van der Waals surface area contributed by atoms with Crippen LogP contribution in [0.25, 0.3) is 0 Å². The summed E-state index contributed by atoms with van der Waals surface area (Å²) in [5.41, 5.74) is 1.47. The zero-order valence-electron chi connectivity index (χ0n) is 13.2. The first kappa shape index (κ1) is 17.2. The lowest BCUT2D eigenvalue weighted by Gasteiger charge is -2.20. The van der Waals surface area contributed by atoms with Gasteiger partial charge in [0.15, 0.2) is 0 Å². The predicted molar refractivity (Wildman–Crippen MR) is 86.4 cm³/mol. The molecule has 5 heteroatoms. The van der Waals surface area contributed by atoms with Gasteiger partial charge in [-0.2, -0.15) is 0 Å². The molecule has 2 amide bonds. The van der Waals surface area contributed by atoms with E-state index < -0.39 is 0 Å². The fourth-order valence-electron chi connectivity index (χ4n) is 1.66. The second kappa shape index (κ2) is 7.78. The van der Waals surface area contributed by atoms with E-state index in [4.69, 9.17) is 0 Å². The molecule has 1 aromatic rings. The minimum Gasteiger partial charge on any atom is -0.326 e. The van der Waals surface area contributed by atoms with Crippen molar-refractivity contribution in [2.75, 3.05) is 17.2 Å². The molecule has 0 radical (unpaired) electrons. The fraction of sp³-hybridized carbons (Fsp3) is 0.500. The van der Waals surface area contributed by atoms with Gasteiger partial charge >= 0.3 is 0 Å². The molecule has 5 nitrogen and oxygen atoms in total. The van der Waals surface area contributed by atoms with E-state index in [9.17, 15) is 9.59 Å². The quantitative estimate of drug-likeness (QED) is 0.755. The highest BCUT2D eigenvalue weighted by Crippen LogP contribution is 2.14. The number of rotatable bonds is 6. The Kier molecular flexibility index (Phi) is 6.37. The normalized spacial score (nSPS) is 11.0. The molecule has 0 aliphatic rings. The molecule has 0 spiro atoms. The summed E-state index contributed by atoms with van der Waals surface area (Å²) in [6.07, 6.45) is 0.866. The Bertz CT molecular complexity index is 475. The smallest absolute Gasteiger partial charge is 0.225 e. The van der Waals surface area contributed by atoms with Crippen LogP contribution in [0.2, 0.25) is 0 Å². The number of anilines is 2. The van der Waals surface area contributed by atoms with Gasteiger partial charge in [0, 0.05) is 36.3 Å². The number of benzene rings is 1. The van der Waals surface area contributed by atoms with Crippen LogP contribution in [-0.4, -0.2) is 23.9 Å². The van der Waals surface area contributed by atoms with Crippen molar-refractivity contribution >= 4 is 23.2 Å². The number of amides is 2. The zero-order chi connectivity index (χ0) is 15.9. The van der Waals surface area contributed by atoms with Crippen molar-refractivity contribution in [3.8, 4) is 0 Å². The highest BCUT2D eigenvalue weighted by atomic mass is 16.2. The van der Waals surface area contributed by atoms with E-state index in [1.807, 2.05) is 0 Å². The minimum atomic E-state index is -0.0305. The molecule has 0 aliphatic heterocycles. The molecule has 1 rings (SSSR count). The topological polar surface area (TPSA) is 70.2 Å². The summed E-state index contributed by atoms with van der Waals surface area (Å²) < 4.78 is 0. The van der Waals surface area contributed by atoms with E-state index in [1.54, 1.807) is 31.2 Å². The van der Waals surface area contributed by atoms with E-state index in [-0.39, 0.29) is 17.4 Å². The van der Waals surface area contributed by atoms with E-state index in [2.05, 4.69) is 36.7 Å². The van der Waals surface area contributed by atoms with Crippen LogP contribution in [0.3, 0.4) is 0 Å². The molecule has 0 bridgehead atoms. The highest BCUT2D eigenvalue weighted by molar-refractivity contribution is 5.92. The van der Waals surface area contributed by atoms with E-state index in [1.165, 1.54) is 0 Å². The molecule has 3 N–H and O–H groups in total. The lowest BCUT2D eigenvalue weighted by Crippen LogP contribution is -2.37. The molecular weight excluding hydrogens is 266 g/mol. The van der Waals surface area contributed by atoms with Gasteiger partial charge in [-0.25, -0.2) is 0 Å². The number of carbonyl (C=O) groups is 2. The number of carbonyl (C=O) groups excluding carboxylic acids is 2. The molecule has 0 fully saturated rings. The Morgan fingerprint density at radius 1 is 0.952 bits per heavy atom. The maximum atomic E-state index is 11.8. The van der Waals surface area contributed by atoms with Crippen molar-refractivity contribution in [2.24, 2.45) is 0 Å². The molecule has 0 aliphatic carbocycles. The van der Waals surface area contributed by atoms with Crippen molar-refractivity contribution < 1.29 is 9.59 Å². The summed E-state index contributed by atoms with van der Waals surface area (Å²) in [6.45, 7) is 8.63. The lowest BCUT2D eigenvalue weighted by atomic mass is 10.1. The average molecular weight is 291 g/mol. The first-order chi connectivity index (χ1) is 9.80. The zero-order valence-corrected chi connectivity index (χ0v) is 13.2. The summed E-state index contributed by atoms with van der Waals surface area (Å²) in [7, 11) is 0. The molecule has 0 heterocycles. The molecule has 0 atom stereocenters. The van der Waals surface area contributed by atoms with Gasteiger partial charge in [-0.15, -0.1) is 0 Å². The van der Waals surface area contributed by atoms with Crippen LogP contribution in [0.4, 0.5) is 11.4 Å². The standard InChI is InChI=1S/C16H25N3O2/c1-5-14(20)18-12-6-8-13(9-7-12)19-15(21)10-11-17-16(2,3)4/h6-9,17H,5,10-11H2,1-4H3,(H,18,20)(H,19,21). The van der Waals surface area contributed by atoms with E-state index in [0.29, 0.717) is 19.4 Å². The molecule has 1 aromatic carbocycles. The lowest BCUT2D eigenvalue weighted by molar-refractivity contribution is -0.116. The van der Waals surface area contributed by atoms with E-state index >= 15 is 0 Å². The van der Waals surface area contributed by atoms with Crippen molar-refractivity contribution in [2.45, 2.75) is 46.1 Å². The summed E-state index contributed by atoms with van der Waals surface area (Å²) in [5.74, 6) is -0.0582. The van der Waals surface area contributed by atoms with Gasteiger partial charge in [-0.05, 0) is 45.0 Å². The first-order valence-electron chi connectivity index (χ1n) is 7.25. The summed E-state index contributed by atoms with van der Waals surface area (Å²) in [6, 6.07) is 7.11. The van der Waals surface area contributed by atoms with Gasteiger partial charge < -0.3 is 16.0 Å². The Morgan fingerprint density at radius 3 is 1.86 bits per heavy atom. The van der Waals surface area contributed by atoms with Crippen LogP contribution in [-0.2, 0) is 9.59 Å². The van der Waals surface area contributed by atoms with Gasteiger partial charge in [0.25, 0.3) is 0 Å². The fourth-order valence-corrected chi connectivity index (χ4v) is 1.66. The molecule has 21 heavy (non-hydrogen) atoms. The first-order valence-corrected chi connectivity index (χ1v) is 7.25. The Labute approximate surface area is 126 Å². The second-order valence-electron chi connectivity index (χ2n) is 5.95. The van der Waals surface area contributed by atoms with Crippen LogP contribution < -0.4 is 16.0 Å². The predicted octanol–water partition coefficient (Wildman–Crippen LogP) is 2.75. The van der Waals surface area contributed by atoms with Crippen molar-refractivity contribution in [3.63, 3.8) is 0 Å². The van der Waals surface area contributed by atoms with Gasteiger partial charge in [-0.3, -0.25) is 9.59 Å². The van der Waals surface area contributed by atoms with Crippen LogP contribution >= 0.6 is 0 Å². The Balaban J connectivity index is 2.41. The number of nitrogens with one attached hydrogen (secondary N) is 3. The Hall–Kier alpha value is -1.88. The third kappa shape index (κ3) is 7.46. The minimum absolute atomic E-state index is 0.0133. The van der Waals surface area contributed by atoms with Gasteiger partial charge in [0.1, 0.15) is 0 Å². The van der Waals surface area contributed by atoms with Crippen LogP contribution in [0.1, 0.15) is 40.5 Å². The molecule has 0 saturated carbocycles. The highest BCUT2D eigenvalue weighted by Gasteiger charge is 2.09.